The second-order valence-electron chi connectivity index (χ2n) is 2.26. The van der Waals surface area contributed by atoms with Crippen LogP contribution >= 0.6 is 0 Å². The van der Waals surface area contributed by atoms with Gasteiger partial charge in [-0.25, -0.2) is 4.79 Å². The average molecular weight is 248 g/mol. The van der Waals surface area contributed by atoms with E-state index in [-0.39, 0.29) is 0 Å². The molecular weight excluding hydrogens is 241 g/mol. The predicted octanol–water partition coefficient (Wildman–Crippen LogP) is 0.929. The molecule has 0 aliphatic rings. The Morgan fingerprint density at radius 2 is 1.80 bits per heavy atom. The lowest BCUT2D eigenvalue weighted by Crippen LogP contribution is -2.25. The average Bonchev–Trinajstić information content (AvgIpc) is 2.00. The van der Waals surface area contributed by atoms with E-state index >= 15 is 0 Å². The van der Waals surface area contributed by atoms with Gasteiger partial charge in [0.1, 0.15) is 5.76 Å². The SMILES string of the molecule is COC(=O)/C=C(/C)OS(=O)(=O)C(F)(F)F. The molecule has 0 aromatic carbocycles. The zero-order valence-electron chi connectivity index (χ0n) is 7.66. The van der Waals surface area contributed by atoms with Crippen LogP contribution in [0.5, 0.6) is 0 Å². The first-order valence-corrected chi connectivity index (χ1v) is 4.78. The summed E-state index contributed by atoms with van der Waals surface area (Å²) >= 11 is 0. The highest BCUT2D eigenvalue weighted by molar-refractivity contribution is 7.87. The zero-order valence-corrected chi connectivity index (χ0v) is 8.48. The molecule has 0 radical (unpaired) electrons. The molecule has 0 saturated heterocycles. The Kier molecular flexibility index (Phi) is 4.14. The fraction of sp³-hybridized carbons (Fsp3) is 0.500. The van der Waals surface area contributed by atoms with E-state index in [0.717, 1.165) is 14.0 Å². The molecule has 0 saturated carbocycles. The molecule has 0 heterocycles. The van der Waals surface area contributed by atoms with E-state index in [1.807, 2.05) is 0 Å². The molecule has 0 aromatic heterocycles. The molecule has 15 heavy (non-hydrogen) atoms. The summed E-state index contributed by atoms with van der Waals surface area (Å²) in [5, 5.41) is 0. The van der Waals surface area contributed by atoms with Crippen molar-refractivity contribution in [3.8, 4) is 0 Å². The molecule has 0 amide bonds. The highest BCUT2D eigenvalue weighted by atomic mass is 32.2. The van der Waals surface area contributed by atoms with Crippen LogP contribution in [0.3, 0.4) is 0 Å². The molecule has 0 aliphatic heterocycles. The molecule has 0 fully saturated rings. The number of halogens is 3. The third-order valence-electron chi connectivity index (χ3n) is 1.05. The number of alkyl halides is 3. The van der Waals surface area contributed by atoms with Crippen LogP contribution in [0.25, 0.3) is 0 Å². The number of allylic oxidation sites excluding steroid dienone is 1. The molecule has 0 aromatic rings. The third kappa shape index (κ3) is 4.19. The van der Waals surface area contributed by atoms with Crippen LogP contribution in [-0.4, -0.2) is 27.0 Å². The summed E-state index contributed by atoms with van der Waals surface area (Å²) in [4.78, 5) is 10.5. The largest absolute Gasteiger partial charge is 0.534 e. The lowest BCUT2D eigenvalue weighted by molar-refractivity contribution is -0.135. The van der Waals surface area contributed by atoms with E-state index in [4.69, 9.17) is 0 Å². The summed E-state index contributed by atoms with van der Waals surface area (Å²) in [6.07, 6.45) is 0.475. The maximum atomic E-state index is 11.8. The van der Waals surface area contributed by atoms with Crippen molar-refractivity contribution in [2.24, 2.45) is 0 Å². The fourth-order valence-electron chi connectivity index (χ4n) is 0.469. The highest BCUT2D eigenvalue weighted by Gasteiger charge is 2.48. The van der Waals surface area contributed by atoms with Crippen LogP contribution in [0.2, 0.25) is 0 Å². The Morgan fingerprint density at radius 1 is 1.33 bits per heavy atom. The van der Waals surface area contributed by atoms with Gasteiger partial charge in [0.15, 0.2) is 0 Å². The number of hydrogen-bond acceptors (Lipinski definition) is 5. The molecule has 0 spiro atoms. The molecule has 0 aliphatic carbocycles. The second-order valence-corrected chi connectivity index (χ2v) is 3.80. The first kappa shape index (κ1) is 13.8. The molecule has 9 heteroatoms. The molecule has 0 N–H and O–H groups in total. The molecule has 88 valence electrons. The van der Waals surface area contributed by atoms with Gasteiger partial charge in [0, 0.05) is 0 Å². The maximum Gasteiger partial charge on any atom is 0.534 e. The van der Waals surface area contributed by atoms with Crippen LogP contribution in [-0.2, 0) is 23.8 Å². The lowest BCUT2D eigenvalue weighted by atomic mass is 10.5. The fourth-order valence-corrected chi connectivity index (χ4v) is 0.958. The van der Waals surface area contributed by atoms with Gasteiger partial charge in [0.05, 0.1) is 13.2 Å². The van der Waals surface area contributed by atoms with Gasteiger partial charge >= 0.3 is 21.6 Å². The maximum absolute atomic E-state index is 11.8. The van der Waals surface area contributed by atoms with Crippen molar-refractivity contribution in [2.45, 2.75) is 12.4 Å². The predicted molar refractivity (Wildman–Crippen MR) is 41.8 cm³/mol. The van der Waals surface area contributed by atoms with E-state index in [0.29, 0.717) is 6.08 Å². The van der Waals surface area contributed by atoms with Crippen LogP contribution in [0.15, 0.2) is 11.8 Å². The quantitative estimate of drug-likeness (QED) is 0.244. The number of carbonyl (C=O) groups is 1. The molecule has 0 atom stereocenters. The topological polar surface area (TPSA) is 69.7 Å². The summed E-state index contributed by atoms with van der Waals surface area (Å²) in [5.74, 6) is -1.76. The van der Waals surface area contributed by atoms with Crippen LogP contribution in [0.4, 0.5) is 13.2 Å². The van der Waals surface area contributed by atoms with Gasteiger partial charge in [-0.2, -0.15) is 21.6 Å². The molecule has 0 bridgehead atoms. The number of carbonyl (C=O) groups excluding carboxylic acids is 1. The number of rotatable bonds is 3. The van der Waals surface area contributed by atoms with E-state index in [9.17, 15) is 26.4 Å². The zero-order chi connectivity index (χ0) is 12.3. The first-order chi connectivity index (χ1) is 6.60. The van der Waals surface area contributed by atoms with E-state index in [1.165, 1.54) is 0 Å². The standard InChI is InChI=1S/C6H7F3O5S/c1-4(3-5(10)13-2)14-15(11,12)6(7,8)9/h3H,1-2H3/b4-3-. The van der Waals surface area contributed by atoms with E-state index in [2.05, 4.69) is 8.92 Å². The van der Waals surface area contributed by atoms with Crippen molar-refractivity contribution in [1.82, 2.24) is 0 Å². The summed E-state index contributed by atoms with van der Waals surface area (Å²) in [6.45, 7) is 0.875. The van der Waals surface area contributed by atoms with Crippen molar-refractivity contribution in [2.75, 3.05) is 7.11 Å². The minimum absolute atomic E-state index is 0.475. The Balaban J connectivity index is 4.78. The van der Waals surface area contributed by atoms with Gasteiger partial charge < -0.3 is 8.92 Å². The molecule has 0 unspecified atom stereocenters. The van der Waals surface area contributed by atoms with Gasteiger partial charge in [0.2, 0.25) is 0 Å². The normalized spacial score (nSPS) is 13.5. The summed E-state index contributed by atoms with van der Waals surface area (Å²) in [6, 6.07) is 0. The Morgan fingerprint density at radius 3 is 2.13 bits per heavy atom. The highest BCUT2D eigenvalue weighted by Crippen LogP contribution is 2.26. The van der Waals surface area contributed by atoms with Crippen molar-refractivity contribution < 1.29 is 35.3 Å². The molecular formula is C6H7F3O5S. The minimum Gasteiger partial charge on any atom is -0.466 e. The monoisotopic (exact) mass is 248 g/mol. The molecule has 5 nitrogen and oxygen atoms in total. The second kappa shape index (κ2) is 4.51. The number of methoxy groups -OCH3 is 1. The minimum atomic E-state index is -5.73. The first-order valence-electron chi connectivity index (χ1n) is 3.37. The van der Waals surface area contributed by atoms with Gasteiger partial charge in [0.25, 0.3) is 0 Å². The van der Waals surface area contributed by atoms with E-state index in [1.54, 1.807) is 0 Å². The Bertz CT molecular complexity index is 367. The number of esters is 1. The van der Waals surface area contributed by atoms with Gasteiger partial charge in [-0.3, -0.25) is 0 Å². The third-order valence-corrected chi connectivity index (χ3v) is 2.10. The van der Waals surface area contributed by atoms with E-state index < -0.39 is 27.4 Å². The van der Waals surface area contributed by atoms with Crippen molar-refractivity contribution in [1.29, 1.82) is 0 Å². The van der Waals surface area contributed by atoms with Crippen molar-refractivity contribution in [3.05, 3.63) is 11.8 Å². The van der Waals surface area contributed by atoms with Crippen LogP contribution < -0.4 is 0 Å². The number of hydrogen-bond donors (Lipinski definition) is 0. The summed E-state index contributed by atoms with van der Waals surface area (Å²) < 4.78 is 63.7. The number of ether oxygens (including phenoxy) is 1. The van der Waals surface area contributed by atoms with Crippen molar-refractivity contribution in [3.63, 3.8) is 0 Å². The Hall–Kier alpha value is -1.25. The van der Waals surface area contributed by atoms with Crippen LogP contribution in [0.1, 0.15) is 6.92 Å². The summed E-state index contributed by atoms with van der Waals surface area (Å²) in [5.41, 5.74) is -5.53. The van der Waals surface area contributed by atoms with Crippen LogP contribution in [0, 0.1) is 0 Å². The summed E-state index contributed by atoms with van der Waals surface area (Å²) in [7, 11) is -4.75. The smallest absolute Gasteiger partial charge is 0.466 e. The van der Waals surface area contributed by atoms with Gasteiger partial charge in [-0.15, -0.1) is 0 Å². The molecule has 0 rings (SSSR count). The Labute approximate surface area is 83.6 Å². The van der Waals surface area contributed by atoms with Gasteiger partial charge in [-0.1, -0.05) is 0 Å². The van der Waals surface area contributed by atoms with Crippen molar-refractivity contribution >= 4 is 16.1 Å². The van der Waals surface area contributed by atoms with Gasteiger partial charge in [-0.05, 0) is 6.92 Å². The lowest BCUT2D eigenvalue weighted by Gasteiger charge is -2.08.